The van der Waals surface area contributed by atoms with E-state index < -0.39 is 0 Å². The van der Waals surface area contributed by atoms with E-state index in [0.717, 1.165) is 6.42 Å². The normalized spacial score (nSPS) is 29.8. The maximum atomic E-state index is 5.65. The molecule has 0 aliphatic heterocycles. The number of hydrogen-bond donors (Lipinski definition) is 1. The summed E-state index contributed by atoms with van der Waals surface area (Å²) >= 11 is 0. The first-order chi connectivity index (χ1) is 3.79. The van der Waals surface area contributed by atoms with Gasteiger partial charge in [-0.1, -0.05) is 11.6 Å². The fourth-order valence-electron chi connectivity index (χ4n) is 0.986. The molecule has 0 fully saturated rings. The second-order valence-corrected chi connectivity index (χ2v) is 2.58. The second-order valence-electron chi connectivity index (χ2n) is 2.58. The molecule has 1 heteroatoms. The summed E-state index contributed by atoms with van der Waals surface area (Å²) in [6.07, 6.45) is 5.73. The van der Waals surface area contributed by atoms with Crippen molar-refractivity contribution in [3.8, 4) is 0 Å². The van der Waals surface area contributed by atoms with Crippen LogP contribution in [0.1, 0.15) is 26.2 Å². The third-order valence-electron chi connectivity index (χ3n) is 1.68. The van der Waals surface area contributed by atoms with Crippen molar-refractivity contribution < 1.29 is 0 Å². The first-order valence-corrected chi connectivity index (χ1v) is 3.20. The Balaban J connectivity index is 2.42. The van der Waals surface area contributed by atoms with Crippen LogP contribution in [0.5, 0.6) is 0 Å². The van der Waals surface area contributed by atoms with E-state index in [0.29, 0.717) is 6.04 Å². The van der Waals surface area contributed by atoms with Crippen molar-refractivity contribution in [1.29, 1.82) is 0 Å². The smallest absolute Gasteiger partial charge is 0.00765 e. The van der Waals surface area contributed by atoms with Crippen LogP contribution in [-0.2, 0) is 0 Å². The van der Waals surface area contributed by atoms with Crippen molar-refractivity contribution >= 4 is 0 Å². The van der Waals surface area contributed by atoms with Crippen LogP contribution in [0, 0.1) is 0 Å². The van der Waals surface area contributed by atoms with Crippen molar-refractivity contribution in [3.63, 3.8) is 0 Å². The molecule has 46 valence electrons. The molecule has 1 atom stereocenters. The molecule has 1 aliphatic carbocycles. The van der Waals surface area contributed by atoms with Gasteiger partial charge in [0.1, 0.15) is 0 Å². The molecular formula is C7H13N. The lowest BCUT2D eigenvalue weighted by atomic mass is 9.97. The number of rotatable bonds is 0. The quantitative estimate of drug-likeness (QED) is 0.470. The van der Waals surface area contributed by atoms with E-state index in [1.165, 1.54) is 18.4 Å². The average Bonchev–Trinajstić information content (AvgIpc) is 1.77. The molecule has 1 aliphatic rings. The lowest BCUT2D eigenvalue weighted by molar-refractivity contribution is 0.590. The van der Waals surface area contributed by atoms with Crippen LogP contribution in [0.25, 0.3) is 0 Å². The van der Waals surface area contributed by atoms with Crippen LogP contribution < -0.4 is 5.73 Å². The lowest BCUT2D eigenvalue weighted by Gasteiger charge is -2.14. The Kier molecular flexibility index (Phi) is 1.69. The highest BCUT2D eigenvalue weighted by Gasteiger charge is 2.05. The minimum absolute atomic E-state index is 0.443. The fraction of sp³-hybridized carbons (Fsp3) is 0.714. The van der Waals surface area contributed by atoms with E-state index in [2.05, 4.69) is 13.0 Å². The topological polar surface area (TPSA) is 26.0 Å². The molecule has 0 saturated carbocycles. The highest BCUT2D eigenvalue weighted by molar-refractivity contribution is 5.03. The number of nitrogens with two attached hydrogens (primary N) is 1. The van der Waals surface area contributed by atoms with Gasteiger partial charge in [-0.05, 0) is 26.2 Å². The summed E-state index contributed by atoms with van der Waals surface area (Å²) in [6, 6.07) is 0.443. The van der Waals surface area contributed by atoms with E-state index in [-0.39, 0.29) is 0 Å². The van der Waals surface area contributed by atoms with Crippen molar-refractivity contribution in [2.75, 3.05) is 0 Å². The third kappa shape index (κ3) is 1.34. The van der Waals surface area contributed by atoms with Crippen molar-refractivity contribution in [3.05, 3.63) is 11.6 Å². The zero-order valence-electron chi connectivity index (χ0n) is 5.35. The molecule has 0 radical (unpaired) electrons. The molecule has 2 N–H and O–H groups in total. The Hall–Kier alpha value is -0.300. The second kappa shape index (κ2) is 2.31. The highest BCUT2D eigenvalue weighted by atomic mass is 14.6. The Morgan fingerprint density at radius 3 is 2.88 bits per heavy atom. The van der Waals surface area contributed by atoms with E-state index in [1.807, 2.05) is 0 Å². The predicted octanol–water partition coefficient (Wildman–Crippen LogP) is 1.44. The lowest BCUT2D eigenvalue weighted by Crippen LogP contribution is -2.21. The van der Waals surface area contributed by atoms with E-state index in [9.17, 15) is 0 Å². The molecule has 1 nitrogen and oxygen atoms in total. The summed E-state index contributed by atoms with van der Waals surface area (Å²) in [5, 5.41) is 0. The first-order valence-electron chi connectivity index (χ1n) is 3.20. The molecule has 1 unspecified atom stereocenters. The molecular weight excluding hydrogens is 98.1 g/mol. The van der Waals surface area contributed by atoms with Gasteiger partial charge >= 0.3 is 0 Å². The molecule has 8 heavy (non-hydrogen) atoms. The monoisotopic (exact) mass is 111 g/mol. The van der Waals surface area contributed by atoms with E-state index in [1.54, 1.807) is 0 Å². The summed E-state index contributed by atoms with van der Waals surface area (Å²) in [5.74, 6) is 0. The summed E-state index contributed by atoms with van der Waals surface area (Å²) in [6.45, 7) is 2.17. The van der Waals surface area contributed by atoms with Crippen molar-refractivity contribution in [2.24, 2.45) is 5.73 Å². The van der Waals surface area contributed by atoms with Gasteiger partial charge in [0.15, 0.2) is 0 Å². The Morgan fingerprint density at radius 1 is 1.75 bits per heavy atom. The van der Waals surface area contributed by atoms with Crippen LogP contribution in [0.2, 0.25) is 0 Å². The predicted molar refractivity (Wildman–Crippen MR) is 35.6 cm³/mol. The molecule has 0 heterocycles. The minimum atomic E-state index is 0.443. The van der Waals surface area contributed by atoms with Crippen molar-refractivity contribution in [1.82, 2.24) is 0 Å². The van der Waals surface area contributed by atoms with Gasteiger partial charge in [0, 0.05) is 6.04 Å². The Bertz CT molecular complexity index is 105. The van der Waals surface area contributed by atoms with Crippen LogP contribution in [0.3, 0.4) is 0 Å². The molecule has 0 bridgehead atoms. The summed E-state index contributed by atoms with van der Waals surface area (Å²) in [4.78, 5) is 0. The van der Waals surface area contributed by atoms with E-state index in [4.69, 9.17) is 5.73 Å². The largest absolute Gasteiger partial charge is 0.327 e. The maximum absolute atomic E-state index is 5.65. The Morgan fingerprint density at radius 2 is 2.50 bits per heavy atom. The Labute approximate surface area is 50.6 Å². The third-order valence-corrected chi connectivity index (χ3v) is 1.68. The molecule has 0 amide bonds. The molecule has 0 spiro atoms. The first kappa shape index (κ1) is 5.83. The average molecular weight is 111 g/mol. The van der Waals surface area contributed by atoms with Crippen LogP contribution in [0.15, 0.2) is 11.6 Å². The molecule has 1 rings (SSSR count). The SMILES string of the molecule is CC1=CCC(N)CC1. The van der Waals surface area contributed by atoms with Gasteiger partial charge in [0.25, 0.3) is 0 Å². The van der Waals surface area contributed by atoms with Crippen LogP contribution in [-0.4, -0.2) is 6.04 Å². The standard InChI is InChI=1S/C7H13N/c1-6-2-4-7(8)5-3-6/h2,7H,3-5,8H2,1H3. The summed E-state index contributed by atoms with van der Waals surface area (Å²) in [5.41, 5.74) is 7.16. The summed E-state index contributed by atoms with van der Waals surface area (Å²) in [7, 11) is 0. The molecule has 0 aromatic rings. The molecule has 0 aromatic heterocycles. The van der Waals surface area contributed by atoms with Crippen LogP contribution >= 0.6 is 0 Å². The zero-order valence-corrected chi connectivity index (χ0v) is 5.35. The fourth-order valence-corrected chi connectivity index (χ4v) is 0.986. The highest BCUT2D eigenvalue weighted by Crippen LogP contribution is 2.14. The number of hydrogen-bond acceptors (Lipinski definition) is 1. The number of allylic oxidation sites excluding steroid dienone is 1. The minimum Gasteiger partial charge on any atom is -0.327 e. The van der Waals surface area contributed by atoms with Gasteiger partial charge < -0.3 is 5.73 Å². The van der Waals surface area contributed by atoms with Crippen LogP contribution in [0.4, 0.5) is 0 Å². The van der Waals surface area contributed by atoms with Crippen molar-refractivity contribution in [2.45, 2.75) is 32.2 Å². The molecule has 0 aromatic carbocycles. The zero-order chi connectivity index (χ0) is 5.98. The van der Waals surface area contributed by atoms with Gasteiger partial charge in [0.2, 0.25) is 0 Å². The van der Waals surface area contributed by atoms with Gasteiger partial charge in [-0.3, -0.25) is 0 Å². The van der Waals surface area contributed by atoms with Gasteiger partial charge in [-0.2, -0.15) is 0 Å². The van der Waals surface area contributed by atoms with Gasteiger partial charge in [-0.15, -0.1) is 0 Å². The van der Waals surface area contributed by atoms with E-state index >= 15 is 0 Å². The van der Waals surface area contributed by atoms with Gasteiger partial charge in [0.05, 0.1) is 0 Å². The summed E-state index contributed by atoms with van der Waals surface area (Å²) < 4.78 is 0. The van der Waals surface area contributed by atoms with Gasteiger partial charge in [-0.25, -0.2) is 0 Å². The maximum Gasteiger partial charge on any atom is 0.00765 e. The molecule has 0 saturated heterocycles.